The number of nitrogens with one attached hydrogen (secondary N) is 1. The van der Waals surface area contributed by atoms with Gasteiger partial charge in [0, 0.05) is 6.07 Å². The van der Waals surface area contributed by atoms with Gasteiger partial charge in [-0.15, -0.1) is 0 Å². The fourth-order valence-electron chi connectivity index (χ4n) is 1.62. The summed E-state index contributed by atoms with van der Waals surface area (Å²) in [6.45, 7) is 4.55. The van der Waals surface area contributed by atoms with Gasteiger partial charge in [-0.1, -0.05) is 17.7 Å². The number of benzene rings is 1. The van der Waals surface area contributed by atoms with Crippen molar-refractivity contribution >= 4 is 27.7 Å². The van der Waals surface area contributed by atoms with E-state index in [1.54, 1.807) is 6.07 Å². The van der Waals surface area contributed by atoms with E-state index >= 15 is 0 Å². The summed E-state index contributed by atoms with van der Waals surface area (Å²) >= 11 is 3.28. The highest BCUT2D eigenvalue weighted by atomic mass is 79.9. The van der Waals surface area contributed by atoms with E-state index in [2.05, 4.69) is 31.2 Å². The third-order valence-corrected chi connectivity index (χ3v) is 3.02. The van der Waals surface area contributed by atoms with Crippen LogP contribution < -0.4 is 15.8 Å². The molecule has 2 rings (SSSR count). The van der Waals surface area contributed by atoms with E-state index in [1.807, 2.05) is 38.1 Å². The van der Waals surface area contributed by atoms with Crippen LogP contribution in [-0.4, -0.2) is 22.6 Å². The maximum atomic E-state index is 5.69. The minimum atomic E-state index is 0.0602. The highest BCUT2D eigenvalue weighted by Crippen LogP contribution is 2.14. The maximum Gasteiger partial charge on any atom is 0.226 e. The molecule has 0 saturated carbocycles. The molecule has 0 aliphatic carbocycles. The van der Waals surface area contributed by atoms with Crippen LogP contribution in [0, 0.1) is 6.92 Å². The minimum Gasteiger partial charge on any atom is -0.491 e. The second-order valence-corrected chi connectivity index (χ2v) is 5.42. The third kappa shape index (κ3) is 4.38. The quantitative estimate of drug-likeness (QED) is 0.821. The lowest BCUT2D eigenvalue weighted by molar-refractivity contribution is 0.303. The molecule has 0 saturated heterocycles. The van der Waals surface area contributed by atoms with Crippen LogP contribution >= 0.6 is 15.9 Å². The highest BCUT2D eigenvalue weighted by molar-refractivity contribution is 9.10. The molecule has 1 unspecified atom stereocenters. The molecule has 1 aromatic carbocycles. The van der Waals surface area contributed by atoms with E-state index in [9.17, 15) is 0 Å². The summed E-state index contributed by atoms with van der Waals surface area (Å²) in [5.74, 6) is 1.75. The molecule has 0 bridgehead atoms. The van der Waals surface area contributed by atoms with Gasteiger partial charge in [-0.25, -0.2) is 4.98 Å². The van der Waals surface area contributed by atoms with E-state index in [0.29, 0.717) is 23.0 Å². The smallest absolute Gasteiger partial charge is 0.226 e. The largest absolute Gasteiger partial charge is 0.491 e. The Labute approximate surface area is 126 Å². The van der Waals surface area contributed by atoms with Gasteiger partial charge in [-0.05, 0) is 41.9 Å². The lowest BCUT2D eigenvalue weighted by Gasteiger charge is -2.15. The van der Waals surface area contributed by atoms with Crippen LogP contribution in [0.3, 0.4) is 0 Å². The van der Waals surface area contributed by atoms with Gasteiger partial charge >= 0.3 is 0 Å². The molecule has 0 amide bonds. The van der Waals surface area contributed by atoms with Crippen molar-refractivity contribution in [2.75, 3.05) is 17.7 Å². The second kappa shape index (κ2) is 6.56. The summed E-state index contributed by atoms with van der Waals surface area (Å²) in [4.78, 5) is 8.31. The number of rotatable bonds is 5. The van der Waals surface area contributed by atoms with Gasteiger partial charge in [0.1, 0.15) is 22.8 Å². The molecule has 0 fully saturated rings. The summed E-state index contributed by atoms with van der Waals surface area (Å²) in [5.41, 5.74) is 6.87. The summed E-state index contributed by atoms with van der Waals surface area (Å²) < 4.78 is 6.35. The van der Waals surface area contributed by atoms with Crippen LogP contribution in [0.4, 0.5) is 11.8 Å². The monoisotopic (exact) mass is 336 g/mol. The van der Waals surface area contributed by atoms with Crippen molar-refractivity contribution in [1.29, 1.82) is 0 Å². The number of nitrogens with zero attached hydrogens (tertiary/aromatic N) is 2. The predicted octanol–water partition coefficient (Wildman–Crippen LogP) is 3.01. The van der Waals surface area contributed by atoms with Crippen molar-refractivity contribution in [1.82, 2.24) is 9.97 Å². The first-order valence-corrected chi connectivity index (χ1v) is 7.08. The Bertz CT molecular complexity index is 554. The summed E-state index contributed by atoms with van der Waals surface area (Å²) in [6, 6.07) is 9.66. The normalized spacial score (nSPS) is 11.9. The van der Waals surface area contributed by atoms with Gasteiger partial charge in [0.25, 0.3) is 0 Å². The number of anilines is 2. The van der Waals surface area contributed by atoms with Crippen molar-refractivity contribution in [3.05, 3.63) is 40.5 Å². The molecule has 2 aromatic rings. The van der Waals surface area contributed by atoms with Gasteiger partial charge in [0.05, 0.1) is 6.04 Å². The van der Waals surface area contributed by atoms with Crippen molar-refractivity contribution in [3.8, 4) is 5.75 Å². The van der Waals surface area contributed by atoms with Crippen LogP contribution in [0.25, 0.3) is 0 Å². The Kier molecular flexibility index (Phi) is 4.79. The molecule has 1 heterocycles. The van der Waals surface area contributed by atoms with Crippen molar-refractivity contribution in [2.45, 2.75) is 19.9 Å². The molecule has 6 heteroatoms. The topological polar surface area (TPSA) is 73.1 Å². The van der Waals surface area contributed by atoms with Gasteiger partial charge < -0.3 is 15.8 Å². The molecule has 1 atom stereocenters. The minimum absolute atomic E-state index is 0.0602. The molecular formula is C14H17BrN4O. The first-order chi connectivity index (χ1) is 9.52. The van der Waals surface area contributed by atoms with E-state index in [-0.39, 0.29) is 6.04 Å². The number of nitrogen functional groups attached to an aromatic ring is 1. The maximum absolute atomic E-state index is 5.69. The number of ether oxygens (including phenoxy) is 1. The van der Waals surface area contributed by atoms with Crippen molar-refractivity contribution < 1.29 is 4.74 Å². The lowest BCUT2D eigenvalue weighted by atomic mass is 10.2. The zero-order chi connectivity index (χ0) is 14.5. The zero-order valence-corrected chi connectivity index (χ0v) is 13.0. The number of aryl methyl sites for hydroxylation is 1. The zero-order valence-electron chi connectivity index (χ0n) is 11.4. The molecule has 5 nitrogen and oxygen atoms in total. The molecule has 20 heavy (non-hydrogen) atoms. The molecule has 1 aromatic heterocycles. The van der Waals surface area contributed by atoms with Crippen LogP contribution in [0.2, 0.25) is 0 Å². The lowest BCUT2D eigenvalue weighted by Crippen LogP contribution is -2.24. The molecule has 0 aliphatic rings. The summed E-state index contributed by atoms with van der Waals surface area (Å²) in [6.07, 6.45) is 0. The van der Waals surface area contributed by atoms with Gasteiger partial charge in [-0.2, -0.15) is 4.98 Å². The standard InChI is InChI=1S/C14H17BrN4O/c1-9-3-5-11(6-4-9)20-8-10(2)17-14-18-12(15)7-13(16)19-14/h3-7,10H,8H2,1-2H3,(H3,16,17,18,19). The SMILES string of the molecule is Cc1ccc(OCC(C)Nc2nc(N)cc(Br)n2)cc1. The van der Waals surface area contributed by atoms with Crippen LogP contribution in [0.15, 0.2) is 34.9 Å². The number of aromatic nitrogens is 2. The van der Waals surface area contributed by atoms with Gasteiger partial charge in [0.15, 0.2) is 0 Å². The summed E-state index contributed by atoms with van der Waals surface area (Å²) in [7, 11) is 0. The molecule has 0 aliphatic heterocycles. The van der Waals surface area contributed by atoms with E-state index in [0.717, 1.165) is 5.75 Å². The second-order valence-electron chi connectivity index (χ2n) is 4.61. The summed E-state index contributed by atoms with van der Waals surface area (Å²) in [5, 5.41) is 3.15. The van der Waals surface area contributed by atoms with E-state index < -0.39 is 0 Å². The Morgan fingerprint density at radius 1 is 1.30 bits per heavy atom. The van der Waals surface area contributed by atoms with Crippen molar-refractivity contribution in [3.63, 3.8) is 0 Å². The van der Waals surface area contributed by atoms with Gasteiger partial charge in [-0.3, -0.25) is 0 Å². The Morgan fingerprint density at radius 3 is 2.65 bits per heavy atom. The highest BCUT2D eigenvalue weighted by Gasteiger charge is 2.07. The van der Waals surface area contributed by atoms with Gasteiger partial charge in [0.2, 0.25) is 5.95 Å². The Morgan fingerprint density at radius 2 is 2.00 bits per heavy atom. The van der Waals surface area contributed by atoms with Crippen molar-refractivity contribution in [2.24, 2.45) is 0 Å². The van der Waals surface area contributed by atoms with E-state index in [1.165, 1.54) is 5.56 Å². The van der Waals surface area contributed by atoms with Crippen LogP contribution in [0.5, 0.6) is 5.75 Å². The average molecular weight is 337 g/mol. The van der Waals surface area contributed by atoms with Crippen LogP contribution in [-0.2, 0) is 0 Å². The third-order valence-electron chi connectivity index (χ3n) is 2.61. The van der Waals surface area contributed by atoms with Crippen LogP contribution in [0.1, 0.15) is 12.5 Å². The fraction of sp³-hybridized carbons (Fsp3) is 0.286. The van der Waals surface area contributed by atoms with E-state index in [4.69, 9.17) is 10.5 Å². The Hall–Kier alpha value is -1.82. The Balaban J connectivity index is 1.88. The number of nitrogens with two attached hydrogens (primary N) is 1. The number of hydrogen-bond donors (Lipinski definition) is 2. The molecule has 0 radical (unpaired) electrons. The molecular weight excluding hydrogens is 320 g/mol. The fourth-order valence-corrected chi connectivity index (χ4v) is 2.02. The predicted molar refractivity (Wildman–Crippen MR) is 83.9 cm³/mol. The first-order valence-electron chi connectivity index (χ1n) is 6.29. The number of hydrogen-bond acceptors (Lipinski definition) is 5. The molecule has 106 valence electrons. The molecule has 3 N–H and O–H groups in total. The first kappa shape index (κ1) is 14.6. The molecule has 0 spiro atoms. The number of halogens is 1. The average Bonchev–Trinajstić information content (AvgIpc) is 2.37.